The molecule has 6 atom stereocenters. The second-order valence-corrected chi connectivity index (χ2v) is 33.4. The highest BCUT2D eigenvalue weighted by molar-refractivity contribution is 7.47. The highest BCUT2D eigenvalue weighted by Crippen LogP contribution is 2.45. The van der Waals surface area contributed by atoms with Crippen LogP contribution < -0.4 is 0 Å². The van der Waals surface area contributed by atoms with Crippen LogP contribution in [0.3, 0.4) is 0 Å². The van der Waals surface area contributed by atoms with Gasteiger partial charge in [-0.1, -0.05) is 357 Å². The molecular weight excluding hydrogens is 1290 g/mol. The molecule has 0 rings (SSSR count). The lowest BCUT2D eigenvalue weighted by Crippen LogP contribution is -2.30. The maximum absolute atomic E-state index is 13.1. The van der Waals surface area contributed by atoms with E-state index in [0.717, 1.165) is 114 Å². The van der Waals surface area contributed by atoms with E-state index in [1.807, 2.05) is 0 Å². The summed E-state index contributed by atoms with van der Waals surface area (Å²) in [6.45, 7) is 14.2. The zero-order chi connectivity index (χ0) is 73.1. The maximum atomic E-state index is 13.1. The van der Waals surface area contributed by atoms with Gasteiger partial charge in [0.25, 0.3) is 0 Å². The smallest absolute Gasteiger partial charge is 0.462 e. The topological polar surface area (TPSA) is 237 Å². The van der Waals surface area contributed by atoms with Crippen molar-refractivity contribution in [3.63, 3.8) is 0 Å². The molecule has 0 saturated carbocycles. The van der Waals surface area contributed by atoms with Gasteiger partial charge in [0, 0.05) is 25.7 Å². The number of ether oxygens (including phenoxy) is 4. The number of phosphoric acid groups is 2. The third-order valence-electron chi connectivity index (χ3n) is 18.9. The summed E-state index contributed by atoms with van der Waals surface area (Å²) >= 11 is 0. The number of carbonyl (C=O) groups is 4. The fourth-order valence-corrected chi connectivity index (χ4v) is 13.8. The number of hydrogen-bond acceptors (Lipinski definition) is 15. The Balaban J connectivity index is 5.18. The van der Waals surface area contributed by atoms with Gasteiger partial charge in [-0.25, -0.2) is 9.13 Å². The molecule has 0 aliphatic carbocycles. The Bertz CT molecular complexity index is 1940. The minimum atomic E-state index is -4.96. The Labute approximate surface area is 607 Å². The minimum absolute atomic E-state index is 0.105. The maximum Gasteiger partial charge on any atom is 0.472 e. The molecule has 0 spiro atoms. The molecule has 0 fully saturated rings. The third kappa shape index (κ3) is 72.8. The summed E-state index contributed by atoms with van der Waals surface area (Å²) in [5.41, 5.74) is 0. The Morgan fingerprint density at radius 2 is 0.485 bits per heavy atom. The molecule has 588 valence electrons. The second kappa shape index (κ2) is 69.1. The van der Waals surface area contributed by atoms with Crippen LogP contribution in [0.1, 0.15) is 409 Å². The Hall–Kier alpha value is -1.94. The quantitative estimate of drug-likeness (QED) is 0.0222. The zero-order valence-corrected chi connectivity index (χ0v) is 66.9. The van der Waals surface area contributed by atoms with Gasteiger partial charge in [-0.3, -0.25) is 37.3 Å². The van der Waals surface area contributed by atoms with Crippen LogP contribution in [0.25, 0.3) is 0 Å². The van der Waals surface area contributed by atoms with Crippen molar-refractivity contribution in [2.24, 2.45) is 23.7 Å². The fraction of sp³-hybridized carbons (Fsp3) is 0.950. The number of unbranched alkanes of at least 4 members (excludes halogenated alkanes) is 42. The van der Waals surface area contributed by atoms with Gasteiger partial charge in [-0.2, -0.15) is 0 Å². The molecule has 0 aromatic heterocycles. The second-order valence-electron chi connectivity index (χ2n) is 30.5. The molecule has 0 radical (unpaired) electrons. The van der Waals surface area contributed by atoms with Crippen molar-refractivity contribution in [3.05, 3.63) is 0 Å². The molecule has 0 aliphatic rings. The summed E-state index contributed by atoms with van der Waals surface area (Å²) in [7, 11) is -9.92. The van der Waals surface area contributed by atoms with Crippen LogP contribution in [0.2, 0.25) is 0 Å². The van der Waals surface area contributed by atoms with Crippen molar-refractivity contribution in [3.8, 4) is 0 Å². The molecule has 19 heteroatoms. The van der Waals surface area contributed by atoms with Gasteiger partial charge in [-0.05, 0) is 49.4 Å². The van der Waals surface area contributed by atoms with Crippen molar-refractivity contribution < 1.29 is 80.2 Å². The van der Waals surface area contributed by atoms with Crippen LogP contribution in [-0.2, 0) is 65.4 Å². The van der Waals surface area contributed by atoms with Gasteiger partial charge in [0.15, 0.2) is 12.2 Å². The first-order valence-corrected chi connectivity index (χ1v) is 44.2. The van der Waals surface area contributed by atoms with E-state index in [1.165, 1.54) is 205 Å². The molecule has 0 aromatic rings. The molecule has 0 bridgehead atoms. The van der Waals surface area contributed by atoms with Crippen LogP contribution in [0.15, 0.2) is 0 Å². The lowest BCUT2D eigenvalue weighted by Gasteiger charge is -2.21. The number of aliphatic hydroxyl groups excluding tert-OH is 1. The highest BCUT2D eigenvalue weighted by atomic mass is 31.2. The number of esters is 4. The lowest BCUT2D eigenvalue weighted by atomic mass is 9.99. The van der Waals surface area contributed by atoms with Crippen molar-refractivity contribution in [1.82, 2.24) is 0 Å². The average Bonchev–Trinajstić information content (AvgIpc) is 0.971. The Kier molecular flexibility index (Phi) is 67.8. The van der Waals surface area contributed by atoms with Crippen LogP contribution in [0, 0.1) is 23.7 Å². The standard InChI is InChI=1S/C80H156O17P2/c1-9-73(8)59-51-43-34-28-22-16-14-12-10-11-13-15-17-23-29-35-44-52-60-77(82)90-66-75(96-79(84)62-54-46-36-30-24-18-20-26-32-40-48-56-70(2)3)68-94-98(86,87)92-64-74(81)65-93-99(88,89)95-69-76(67-91-78(83)61-53-45-39-38-42-50-58-72(6)7)97-80(85)63-55-47-37-31-25-19-21-27-33-41-49-57-71(4)5/h70-76,81H,9-69H2,1-8H3,(H,86,87)(H,88,89)/t73?,74-,75-,76-/m1/s1. The fourth-order valence-electron chi connectivity index (χ4n) is 12.2. The number of rotatable bonds is 77. The highest BCUT2D eigenvalue weighted by Gasteiger charge is 2.30. The van der Waals surface area contributed by atoms with Gasteiger partial charge >= 0.3 is 39.5 Å². The predicted octanol–water partition coefficient (Wildman–Crippen LogP) is 23.6. The number of aliphatic hydroxyl groups is 1. The van der Waals surface area contributed by atoms with Crippen molar-refractivity contribution in [2.75, 3.05) is 39.6 Å². The molecule has 0 saturated heterocycles. The summed E-state index contributed by atoms with van der Waals surface area (Å²) < 4.78 is 68.6. The SMILES string of the molecule is CCC(C)CCCCCCCCCCCCCCCCCCCCC(=O)OC[C@H](COP(=O)(O)OC[C@@H](O)COP(=O)(O)OC[C@@H](COC(=O)CCCCCCCCC(C)C)OC(=O)CCCCCCCCCCCCCC(C)C)OC(=O)CCCCCCCCCCCCCC(C)C. The van der Waals surface area contributed by atoms with E-state index in [0.29, 0.717) is 31.6 Å². The van der Waals surface area contributed by atoms with E-state index in [2.05, 4.69) is 55.4 Å². The normalized spacial score (nSPS) is 14.3. The Morgan fingerprint density at radius 1 is 0.283 bits per heavy atom. The zero-order valence-electron chi connectivity index (χ0n) is 65.1. The molecule has 0 amide bonds. The summed E-state index contributed by atoms with van der Waals surface area (Å²) in [4.78, 5) is 72.9. The number of phosphoric ester groups is 2. The van der Waals surface area contributed by atoms with E-state index in [1.54, 1.807) is 0 Å². The van der Waals surface area contributed by atoms with Gasteiger partial charge in [0.1, 0.15) is 19.3 Å². The molecule has 3 N–H and O–H groups in total. The van der Waals surface area contributed by atoms with Gasteiger partial charge in [-0.15, -0.1) is 0 Å². The monoisotopic (exact) mass is 1450 g/mol. The summed E-state index contributed by atoms with van der Waals surface area (Å²) in [5, 5.41) is 10.6. The average molecular weight is 1450 g/mol. The predicted molar refractivity (Wildman–Crippen MR) is 404 cm³/mol. The molecule has 17 nitrogen and oxygen atoms in total. The van der Waals surface area contributed by atoms with Crippen molar-refractivity contribution in [2.45, 2.75) is 427 Å². The van der Waals surface area contributed by atoms with Gasteiger partial charge < -0.3 is 33.8 Å². The summed E-state index contributed by atoms with van der Waals surface area (Å²) in [6, 6.07) is 0. The van der Waals surface area contributed by atoms with Crippen LogP contribution in [-0.4, -0.2) is 96.7 Å². The first kappa shape index (κ1) is 97.1. The number of hydrogen-bond donors (Lipinski definition) is 3. The first-order valence-electron chi connectivity index (χ1n) is 41.2. The first-order chi connectivity index (χ1) is 47.6. The van der Waals surface area contributed by atoms with Crippen LogP contribution >= 0.6 is 15.6 Å². The minimum Gasteiger partial charge on any atom is -0.462 e. The van der Waals surface area contributed by atoms with Crippen LogP contribution in [0.4, 0.5) is 0 Å². The van der Waals surface area contributed by atoms with E-state index in [-0.39, 0.29) is 25.7 Å². The largest absolute Gasteiger partial charge is 0.472 e. The summed E-state index contributed by atoms with van der Waals surface area (Å²) in [5.74, 6) is 0.965. The van der Waals surface area contributed by atoms with Gasteiger partial charge in [0.2, 0.25) is 0 Å². The molecule has 0 heterocycles. The lowest BCUT2D eigenvalue weighted by molar-refractivity contribution is -0.161. The molecule has 0 aromatic carbocycles. The molecule has 3 unspecified atom stereocenters. The summed E-state index contributed by atoms with van der Waals surface area (Å²) in [6.07, 6.45) is 55.7. The van der Waals surface area contributed by atoms with E-state index >= 15 is 0 Å². The van der Waals surface area contributed by atoms with E-state index in [4.69, 9.17) is 37.0 Å². The van der Waals surface area contributed by atoms with E-state index in [9.17, 15) is 43.2 Å². The third-order valence-corrected chi connectivity index (χ3v) is 20.8. The van der Waals surface area contributed by atoms with Crippen molar-refractivity contribution in [1.29, 1.82) is 0 Å². The number of carbonyl (C=O) groups excluding carboxylic acids is 4. The van der Waals surface area contributed by atoms with Gasteiger partial charge in [0.05, 0.1) is 26.4 Å². The molecular formula is C80H156O17P2. The molecule has 0 aliphatic heterocycles. The van der Waals surface area contributed by atoms with Crippen molar-refractivity contribution >= 4 is 39.5 Å². The van der Waals surface area contributed by atoms with E-state index < -0.39 is 97.5 Å². The molecule has 99 heavy (non-hydrogen) atoms. The Morgan fingerprint density at radius 3 is 0.717 bits per heavy atom. The van der Waals surface area contributed by atoms with Crippen LogP contribution in [0.5, 0.6) is 0 Å².